The molecule has 0 amide bonds. The Morgan fingerprint density at radius 1 is 0.389 bits per heavy atom. The molecule has 0 aromatic heterocycles. The van der Waals surface area contributed by atoms with Crippen LogP contribution < -0.4 is 15.2 Å². The van der Waals surface area contributed by atoms with Gasteiger partial charge in [0.25, 0.3) is 0 Å². The number of aromatic hydroxyl groups is 2. The summed E-state index contributed by atoms with van der Waals surface area (Å²) >= 11 is 0. The van der Waals surface area contributed by atoms with Gasteiger partial charge < -0.3 is 20.1 Å². The van der Waals surface area contributed by atoms with Gasteiger partial charge in [-0.1, -0.05) is 283 Å². The highest BCUT2D eigenvalue weighted by Gasteiger charge is 2.44. The van der Waals surface area contributed by atoms with Crippen molar-refractivity contribution in [3.05, 3.63) is 298 Å². The van der Waals surface area contributed by atoms with Crippen LogP contribution in [0.15, 0.2) is 259 Å². The first-order chi connectivity index (χ1) is 42.9. The van der Waals surface area contributed by atoms with Crippen molar-refractivity contribution in [3.63, 3.8) is 0 Å². The number of ketones is 1. The van der Waals surface area contributed by atoms with E-state index in [2.05, 4.69) is 210 Å². The average molecular weight is 1180 g/mol. The van der Waals surface area contributed by atoms with Crippen molar-refractivity contribution >= 4 is 34.0 Å². The summed E-state index contributed by atoms with van der Waals surface area (Å²) in [4.78, 5) is 13.2. The zero-order chi connectivity index (χ0) is 63.9. The number of hydrogen-bond acceptors (Lipinski definition) is 5. The molecule has 10 aromatic carbocycles. The first-order valence-electron chi connectivity index (χ1n) is 31.3. The molecule has 5 nitrogen and oxygen atoms in total. The van der Waals surface area contributed by atoms with Crippen LogP contribution in [0.2, 0.25) is 0 Å². The Morgan fingerprint density at radius 2 is 0.789 bits per heavy atom. The number of ether oxygens (including phenoxy) is 1. The van der Waals surface area contributed by atoms with Crippen LogP contribution in [0.4, 0.5) is 0 Å². The average Bonchev–Trinajstić information content (AvgIpc) is 1.54. The molecule has 2 unspecified atom stereocenters. The Kier molecular flexibility index (Phi) is 17.0. The van der Waals surface area contributed by atoms with Gasteiger partial charge in [-0.25, -0.2) is 0 Å². The van der Waals surface area contributed by atoms with E-state index < -0.39 is 0 Å². The molecule has 452 valence electrons. The topological polar surface area (TPSA) is 87.0 Å². The lowest BCUT2D eigenvalue weighted by atomic mass is 9.71. The Hall–Kier alpha value is -9.71. The third-order valence-electron chi connectivity index (χ3n) is 17.3. The van der Waals surface area contributed by atoms with Gasteiger partial charge in [0.1, 0.15) is 29.1 Å². The second kappa shape index (κ2) is 24.7. The van der Waals surface area contributed by atoms with Crippen molar-refractivity contribution in [2.75, 3.05) is 0 Å². The number of rotatable bonds is 6. The van der Waals surface area contributed by atoms with Gasteiger partial charge in [-0.15, -0.1) is 0 Å². The molecule has 0 spiro atoms. The second-order valence-corrected chi connectivity index (χ2v) is 28.1. The predicted octanol–water partition coefficient (Wildman–Crippen LogP) is 20.2. The summed E-state index contributed by atoms with van der Waals surface area (Å²) in [6.07, 6.45) is 5.94. The molecule has 2 aliphatic carbocycles. The summed E-state index contributed by atoms with van der Waals surface area (Å²) in [5, 5.41) is 37.8. The number of carbonyl (C=O) groups is 1. The molecule has 1 heterocycles. The van der Waals surface area contributed by atoms with Gasteiger partial charge in [0, 0.05) is 55.1 Å². The maximum atomic E-state index is 13.2. The summed E-state index contributed by atoms with van der Waals surface area (Å²) in [5.74, 6) is 1.85. The molecule has 5 heteroatoms. The van der Waals surface area contributed by atoms with Crippen LogP contribution in [0.25, 0.3) is 72.7 Å². The van der Waals surface area contributed by atoms with Gasteiger partial charge in [-0.3, -0.25) is 4.79 Å². The zero-order valence-corrected chi connectivity index (χ0v) is 54.0. The van der Waals surface area contributed by atoms with E-state index in [1.165, 1.54) is 0 Å². The molecule has 0 saturated carbocycles. The smallest absolute Gasteiger partial charge is 0.186 e. The molecule has 1 aliphatic heterocycles. The fourth-order valence-corrected chi connectivity index (χ4v) is 12.7. The maximum Gasteiger partial charge on any atom is 0.186 e. The molecule has 13 rings (SSSR count). The summed E-state index contributed by atoms with van der Waals surface area (Å²) in [6, 6.07) is 78.2. The quantitative estimate of drug-likeness (QED) is 0.154. The zero-order valence-electron chi connectivity index (χ0n) is 54.0. The van der Waals surface area contributed by atoms with Crippen molar-refractivity contribution in [2.45, 2.75) is 106 Å². The van der Waals surface area contributed by atoms with E-state index in [0.717, 1.165) is 122 Å². The van der Waals surface area contributed by atoms with Crippen molar-refractivity contribution < 1.29 is 24.9 Å². The number of fused-ring (bicyclic) bond motifs is 6. The molecule has 10 aromatic rings. The van der Waals surface area contributed by atoms with Crippen molar-refractivity contribution in [1.29, 1.82) is 0 Å². The molecular weight excluding hydrogens is 1100 g/mol. The van der Waals surface area contributed by atoms with E-state index >= 15 is 0 Å². The lowest BCUT2D eigenvalue weighted by molar-refractivity contribution is -0.114. The number of aliphatic hydroxyl groups excluding tert-OH is 1. The number of hydrogen-bond donors (Lipinski definition) is 3. The second-order valence-electron chi connectivity index (χ2n) is 28.1. The molecule has 0 fully saturated rings. The minimum Gasteiger partial charge on any atom is -0.511 e. The lowest BCUT2D eigenvalue weighted by Crippen LogP contribution is -2.42. The lowest BCUT2D eigenvalue weighted by Gasteiger charge is -2.31. The van der Waals surface area contributed by atoms with Gasteiger partial charge in [0.05, 0.1) is 5.92 Å². The van der Waals surface area contributed by atoms with Gasteiger partial charge >= 0.3 is 0 Å². The summed E-state index contributed by atoms with van der Waals surface area (Å²) in [5.41, 5.74) is 16.4. The minimum atomic E-state index is -0.290. The van der Waals surface area contributed by atoms with Crippen LogP contribution in [0.5, 0.6) is 17.2 Å². The first kappa shape index (κ1) is 61.9. The third-order valence-corrected chi connectivity index (χ3v) is 17.3. The largest absolute Gasteiger partial charge is 0.511 e. The van der Waals surface area contributed by atoms with Gasteiger partial charge in [0.15, 0.2) is 5.78 Å². The number of Topliss-reactive ketones (excluding diaryl/α,β-unsaturated/α-hetero) is 1. The summed E-state index contributed by atoms with van der Waals surface area (Å²) in [6.45, 7) is 25.3. The highest BCUT2D eigenvalue weighted by molar-refractivity contribution is 6.12. The predicted molar refractivity (Wildman–Crippen MR) is 375 cm³/mol. The molecular formula is C85H82O5. The Balaban J connectivity index is 0.000000141. The van der Waals surface area contributed by atoms with Crippen molar-refractivity contribution in [1.82, 2.24) is 0 Å². The number of allylic oxidation sites excluding steroid dienone is 5. The highest BCUT2D eigenvalue weighted by Crippen LogP contribution is 2.52. The SMILES string of the molecule is CC(C)(C)C1=CC(=Cc2cc(C(C)(C)C)c(O)c(C(C)(C)C)c2)C=C(C(C)(C)C)C1=O.OC1=c2ccccc2=C(c2ccccc2)C2Oc3c(cc(-c4ccccc4)c4ccccc34)C12.Oc1c(-c2ccccc2)cc(-c2ccccc2)cc1-c1ccccc1. The minimum absolute atomic E-state index is 0.147. The first-order valence-corrected chi connectivity index (χ1v) is 31.3. The molecule has 90 heavy (non-hydrogen) atoms. The molecule has 0 saturated heterocycles. The van der Waals surface area contributed by atoms with Crippen LogP contribution in [0, 0.1) is 10.8 Å². The van der Waals surface area contributed by atoms with Gasteiger partial charge in [0.2, 0.25) is 0 Å². The van der Waals surface area contributed by atoms with Crippen LogP contribution in [0.3, 0.4) is 0 Å². The van der Waals surface area contributed by atoms with E-state index in [-0.39, 0.29) is 39.5 Å². The van der Waals surface area contributed by atoms with E-state index in [4.69, 9.17) is 4.74 Å². The van der Waals surface area contributed by atoms with E-state index in [1.807, 2.05) is 121 Å². The molecule has 0 radical (unpaired) electrons. The third kappa shape index (κ3) is 12.6. The number of phenolic OH excluding ortho intramolecular Hbond substituents is 2. The van der Waals surface area contributed by atoms with Crippen molar-refractivity contribution in [3.8, 4) is 61.8 Å². The van der Waals surface area contributed by atoms with E-state index in [9.17, 15) is 20.1 Å². The molecule has 3 aliphatic rings. The van der Waals surface area contributed by atoms with Crippen LogP contribution in [-0.2, 0) is 15.6 Å². The number of phenols is 2. The van der Waals surface area contributed by atoms with Gasteiger partial charge in [-0.2, -0.15) is 0 Å². The molecule has 3 N–H and O–H groups in total. The molecule has 0 bridgehead atoms. The van der Waals surface area contributed by atoms with Crippen molar-refractivity contribution in [2.24, 2.45) is 10.8 Å². The Labute approximate surface area is 532 Å². The number of benzene rings is 10. The summed E-state index contributed by atoms with van der Waals surface area (Å²) < 4.78 is 6.79. The fourth-order valence-electron chi connectivity index (χ4n) is 12.7. The van der Waals surface area contributed by atoms with Crippen LogP contribution >= 0.6 is 0 Å². The van der Waals surface area contributed by atoms with E-state index in [0.29, 0.717) is 17.3 Å². The number of aliphatic hydroxyl groups is 1. The Bertz CT molecular complexity index is 4410. The summed E-state index contributed by atoms with van der Waals surface area (Å²) in [7, 11) is 0. The maximum absolute atomic E-state index is 13.2. The standard InChI is InChI=1S/C32H22O2.C29H42O2.C24H18O/c33-30-24-17-9-8-16-23(24)28(21-13-5-2-6-14-21)32-29(30)27-19-26(20-11-3-1-4-12-20)22-15-7-10-18-25(22)31(27)34-32;1-26(2,3)20-14-18(15-21(24(20)30)27(4,5)6)13-19-16-22(28(7,8)9)25(31)23(17-19)29(10,11)12;25-24-22(19-12-6-2-7-13-19)16-21(18-10-4-1-5-11-18)17-23(24)20-14-8-3-9-15-20/h1-19,29,32-33H;13-17,30H,1-12H3;1-17,25H. The fraction of sp³-hybridized carbons (Fsp3) is 0.212. The monoisotopic (exact) mass is 1180 g/mol. The van der Waals surface area contributed by atoms with Gasteiger partial charge in [-0.05, 0) is 131 Å². The Morgan fingerprint density at radius 3 is 1.24 bits per heavy atom. The van der Waals surface area contributed by atoms with Crippen LogP contribution in [-0.4, -0.2) is 27.2 Å². The highest BCUT2D eigenvalue weighted by atomic mass is 16.5. The molecule has 2 atom stereocenters. The normalized spacial score (nSPS) is 15.4. The van der Waals surface area contributed by atoms with E-state index in [1.54, 1.807) is 0 Å². The van der Waals surface area contributed by atoms with Crippen LogP contribution in [0.1, 0.15) is 117 Å². The number of carbonyl (C=O) groups excluding carboxylic acids is 1.